The minimum absolute atomic E-state index is 0.0115. The van der Waals surface area contributed by atoms with Crippen LogP contribution in [0.4, 0.5) is 0 Å². The lowest BCUT2D eigenvalue weighted by molar-refractivity contribution is -0.128. The maximum Gasteiger partial charge on any atom is 0.241 e. The molecule has 1 aromatic rings. The Kier molecular flexibility index (Phi) is 5.35. The van der Waals surface area contributed by atoms with E-state index in [4.69, 9.17) is 23.2 Å². The first kappa shape index (κ1) is 20.6. The smallest absolute Gasteiger partial charge is 0.241 e. The van der Waals surface area contributed by atoms with E-state index in [0.29, 0.717) is 24.2 Å². The Balaban J connectivity index is 1.47. The number of nitrogens with one attached hydrogen (secondary N) is 1. The molecule has 154 valence electrons. The Bertz CT molecular complexity index is 869. The van der Waals surface area contributed by atoms with Crippen molar-refractivity contribution in [2.45, 2.75) is 62.8 Å². The molecule has 0 unspecified atom stereocenters. The molecule has 4 saturated carbocycles. The minimum Gasteiger partial charge on any atom is -0.298 e. The standard InChI is InChI=1S/C21H27Cl2NO3S/c1-21(2,24-28(26,27)16-3-4-18(22)19(23)10-16)20(25)11-17-14-6-12-5-13(8-14)9-15(17)7-12/h3-4,10,12-15,17,24H,5-9,11H2,1-2H3. The molecule has 4 bridgehead atoms. The minimum atomic E-state index is -3.88. The summed E-state index contributed by atoms with van der Waals surface area (Å²) in [6, 6.07) is 4.15. The van der Waals surface area contributed by atoms with E-state index in [9.17, 15) is 13.2 Å². The zero-order valence-electron chi connectivity index (χ0n) is 16.3. The van der Waals surface area contributed by atoms with Crippen molar-refractivity contribution in [1.82, 2.24) is 4.72 Å². The molecular weight excluding hydrogens is 417 g/mol. The van der Waals surface area contributed by atoms with Gasteiger partial charge in [0.25, 0.3) is 0 Å². The molecule has 1 N–H and O–H groups in total. The first-order valence-electron chi connectivity index (χ1n) is 10.1. The van der Waals surface area contributed by atoms with Gasteiger partial charge in [-0.1, -0.05) is 23.2 Å². The second-order valence-corrected chi connectivity index (χ2v) is 12.0. The van der Waals surface area contributed by atoms with Crippen molar-refractivity contribution in [2.75, 3.05) is 0 Å². The van der Waals surface area contributed by atoms with Gasteiger partial charge in [0.15, 0.2) is 5.78 Å². The van der Waals surface area contributed by atoms with Gasteiger partial charge in [0, 0.05) is 6.42 Å². The molecule has 0 radical (unpaired) electrons. The third-order valence-corrected chi connectivity index (χ3v) is 9.52. The summed E-state index contributed by atoms with van der Waals surface area (Å²) < 4.78 is 28.2. The van der Waals surface area contributed by atoms with Crippen molar-refractivity contribution in [3.63, 3.8) is 0 Å². The van der Waals surface area contributed by atoms with Crippen molar-refractivity contribution >= 4 is 39.0 Å². The van der Waals surface area contributed by atoms with Gasteiger partial charge >= 0.3 is 0 Å². The zero-order valence-corrected chi connectivity index (χ0v) is 18.6. The van der Waals surface area contributed by atoms with E-state index in [2.05, 4.69) is 4.72 Å². The molecule has 0 aromatic heterocycles. The first-order chi connectivity index (χ1) is 13.0. The summed E-state index contributed by atoms with van der Waals surface area (Å²) in [5, 5.41) is 0.458. The highest BCUT2D eigenvalue weighted by atomic mass is 35.5. The summed E-state index contributed by atoms with van der Waals surface area (Å²) in [5.41, 5.74) is -1.17. The fourth-order valence-corrected chi connectivity index (χ4v) is 7.72. The summed E-state index contributed by atoms with van der Waals surface area (Å²) >= 11 is 11.8. The van der Waals surface area contributed by atoms with Gasteiger partial charge in [0.05, 0.1) is 20.5 Å². The molecule has 5 rings (SSSR count). The van der Waals surface area contributed by atoms with Crippen molar-refractivity contribution in [3.8, 4) is 0 Å². The van der Waals surface area contributed by atoms with Crippen molar-refractivity contribution < 1.29 is 13.2 Å². The number of benzene rings is 1. The molecule has 1 aromatic carbocycles. The van der Waals surface area contributed by atoms with Crippen molar-refractivity contribution in [2.24, 2.45) is 29.6 Å². The van der Waals surface area contributed by atoms with E-state index in [1.807, 2.05) is 0 Å². The highest BCUT2D eigenvalue weighted by Gasteiger charge is 2.49. The molecular formula is C21H27Cl2NO3S. The fourth-order valence-electron chi connectivity index (χ4n) is 5.94. The average molecular weight is 444 g/mol. The number of hydrogen-bond acceptors (Lipinski definition) is 3. The Hall–Kier alpha value is -0.620. The van der Waals surface area contributed by atoms with E-state index in [-0.39, 0.29) is 20.7 Å². The van der Waals surface area contributed by atoms with Gasteiger partial charge in [-0.3, -0.25) is 4.79 Å². The molecule has 0 saturated heterocycles. The summed E-state index contributed by atoms with van der Waals surface area (Å²) in [4.78, 5) is 13.1. The van der Waals surface area contributed by atoms with E-state index >= 15 is 0 Å². The largest absolute Gasteiger partial charge is 0.298 e. The fraction of sp³-hybridized carbons (Fsp3) is 0.667. The zero-order chi connectivity index (χ0) is 20.3. The Morgan fingerprint density at radius 1 is 1.04 bits per heavy atom. The van der Waals surface area contributed by atoms with Crippen LogP contribution in [0.2, 0.25) is 10.0 Å². The van der Waals surface area contributed by atoms with Crippen LogP contribution in [0.15, 0.2) is 23.1 Å². The van der Waals surface area contributed by atoms with Gasteiger partial charge in [0.1, 0.15) is 0 Å². The van der Waals surface area contributed by atoms with E-state index < -0.39 is 15.6 Å². The molecule has 7 heteroatoms. The molecule has 4 aliphatic rings. The van der Waals surface area contributed by atoms with Gasteiger partial charge < -0.3 is 0 Å². The van der Waals surface area contributed by atoms with Crippen LogP contribution >= 0.6 is 23.2 Å². The van der Waals surface area contributed by atoms with Gasteiger partial charge in [-0.2, -0.15) is 4.72 Å². The van der Waals surface area contributed by atoms with Crippen molar-refractivity contribution in [1.29, 1.82) is 0 Å². The number of hydrogen-bond donors (Lipinski definition) is 1. The monoisotopic (exact) mass is 443 g/mol. The predicted octanol–water partition coefficient (Wildman–Crippen LogP) is 5.08. The lowest BCUT2D eigenvalue weighted by Gasteiger charge is -2.54. The summed E-state index contributed by atoms with van der Waals surface area (Å²) in [6.45, 7) is 3.31. The van der Waals surface area contributed by atoms with Crippen LogP contribution in [0.5, 0.6) is 0 Å². The van der Waals surface area contributed by atoms with Crippen LogP contribution in [0.3, 0.4) is 0 Å². The topological polar surface area (TPSA) is 63.2 Å². The SMILES string of the molecule is CC(C)(NS(=O)(=O)c1ccc(Cl)c(Cl)c1)C(=O)CC1C2CC3CC(C2)CC1C3. The van der Waals surface area contributed by atoms with Crippen LogP contribution in [0.1, 0.15) is 52.4 Å². The molecule has 4 nitrogen and oxygen atoms in total. The molecule has 0 atom stereocenters. The number of halogens is 2. The number of sulfonamides is 1. The summed E-state index contributed by atoms with van der Waals surface area (Å²) in [6.07, 6.45) is 6.84. The van der Waals surface area contributed by atoms with Crippen LogP contribution in [0, 0.1) is 29.6 Å². The number of rotatable bonds is 6. The third kappa shape index (κ3) is 3.88. The van der Waals surface area contributed by atoms with Gasteiger partial charge in [-0.05, 0) is 93.7 Å². The maximum absolute atomic E-state index is 13.1. The number of carbonyl (C=O) groups excluding carboxylic acids is 1. The molecule has 4 fully saturated rings. The van der Waals surface area contributed by atoms with E-state index in [0.717, 1.165) is 11.8 Å². The van der Waals surface area contributed by atoms with E-state index in [1.165, 1.54) is 50.3 Å². The van der Waals surface area contributed by atoms with Crippen LogP contribution < -0.4 is 4.72 Å². The second kappa shape index (κ2) is 7.26. The Morgan fingerprint density at radius 3 is 2.14 bits per heavy atom. The molecule has 0 aliphatic heterocycles. The summed E-state index contributed by atoms with van der Waals surface area (Å²) in [7, 11) is -3.88. The van der Waals surface area contributed by atoms with Gasteiger partial charge in [-0.25, -0.2) is 8.42 Å². The second-order valence-electron chi connectivity index (χ2n) is 9.53. The Labute approximate surface area is 177 Å². The third-order valence-electron chi connectivity index (χ3n) is 7.13. The van der Waals surface area contributed by atoms with Crippen LogP contribution in [0.25, 0.3) is 0 Å². The molecule has 28 heavy (non-hydrogen) atoms. The average Bonchev–Trinajstić information content (AvgIpc) is 2.58. The number of Topliss-reactive ketones (excluding diaryl/α,β-unsaturated/α-hetero) is 1. The predicted molar refractivity (Wildman–Crippen MR) is 111 cm³/mol. The number of carbonyl (C=O) groups is 1. The van der Waals surface area contributed by atoms with E-state index in [1.54, 1.807) is 13.8 Å². The molecule has 0 amide bonds. The normalized spacial score (nSPS) is 31.9. The van der Waals surface area contributed by atoms with Gasteiger partial charge in [-0.15, -0.1) is 0 Å². The highest BCUT2D eigenvalue weighted by Crippen LogP contribution is 2.57. The lowest BCUT2D eigenvalue weighted by atomic mass is 9.51. The van der Waals surface area contributed by atoms with Crippen molar-refractivity contribution in [3.05, 3.63) is 28.2 Å². The summed E-state index contributed by atoms with van der Waals surface area (Å²) in [5.74, 6) is 3.37. The van der Waals surface area contributed by atoms with Crippen LogP contribution in [-0.2, 0) is 14.8 Å². The quantitative estimate of drug-likeness (QED) is 0.666. The lowest BCUT2D eigenvalue weighted by Crippen LogP contribution is -2.52. The number of ketones is 1. The van der Waals surface area contributed by atoms with Gasteiger partial charge in [0.2, 0.25) is 10.0 Å². The molecule has 4 aliphatic carbocycles. The first-order valence-corrected chi connectivity index (χ1v) is 12.3. The maximum atomic E-state index is 13.1. The molecule has 0 spiro atoms. The highest BCUT2D eigenvalue weighted by molar-refractivity contribution is 7.89. The molecule has 0 heterocycles. The Morgan fingerprint density at radius 2 is 1.61 bits per heavy atom. The van der Waals surface area contributed by atoms with Crippen LogP contribution in [-0.4, -0.2) is 19.7 Å².